The Morgan fingerprint density at radius 1 is 1.17 bits per heavy atom. The minimum atomic E-state index is -0.976. The highest BCUT2D eigenvalue weighted by molar-refractivity contribution is 6.32. The topological polar surface area (TPSA) is 64.3 Å². The van der Waals surface area contributed by atoms with Crippen molar-refractivity contribution in [3.63, 3.8) is 0 Å². The zero-order valence-corrected chi connectivity index (χ0v) is 17.5. The summed E-state index contributed by atoms with van der Waals surface area (Å²) in [6.45, 7) is 5.94. The van der Waals surface area contributed by atoms with E-state index in [4.69, 9.17) is 0 Å². The number of nitrogens with zero attached hydrogens (tertiary/aromatic N) is 2. The van der Waals surface area contributed by atoms with Crippen molar-refractivity contribution in [1.82, 2.24) is 4.90 Å². The molecule has 2 rings (SSSR count). The molecule has 0 bridgehead atoms. The molecular weight excluding hydrogens is 366 g/mol. The van der Waals surface area contributed by atoms with Crippen LogP contribution in [0.1, 0.15) is 56.7 Å². The summed E-state index contributed by atoms with van der Waals surface area (Å²) in [5.41, 5.74) is 2.42. The molecule has 29 heavy (non-hydrogen) atoms. The van der Waals surface area contributed by atoms with Gasteiger partial charge in [-0.25, -0.2) is 9.18 Å². The maximum absolute atomic E-state index is 13.4. The van der Waals surface area contributed by atoms with E-state index in [2.05, 4.69) is 6.07 Å². The molecule has 152 valence electrons. The fourth-order valence-electron chi connectivity index (χ4n) is 3.56. The Bertz CT molecular complexity index is 860. The Labute approximate surface area is 173 Å². The number of hydrogen-bond acceptors (Lipinski definition) is 2. The van der Waals surface area contributed by atoms with Crippen LogP contribution in [-0.2, 0) is 0 Å². The molecule has 1 N–H and O–H groups in total. The van der Waals surface area contributed by atoms with Gasteiger partial charge in [0.05, 0.1) is 17.5 Å². The quantitative estimate of drug-likeness (QED) is 0.682. The van der Waals surface area contributed by atoms with E-state index in [0.717, 1.165) is 16.6 Å². The van der Waals surface area contributed by atoms with Crippen molar-refractivity contribution >= 4 is 19.4 Å². The van der Waals surface area contributed by atoms with E-state index in [1.807, 2.05) is 52.9 Å². The van der Waals surface area contributed by atoms with E-state index in [0.29, 0.717) is 19.4 Å². The van der Waals surface area contributed by atoms with E-state index in [9.17, 15) is 19.6 Å². The molecule has 1 amide bonds. The van der Waals surface area contributed by atoms with Gasteiger partial charge in [0.1, 0.15) is 13.7 Å². The Kier molecular flexibility index (Phi) is 7.44. The van der Waals surface area contributed by atoms with Crippen LogP contribution < -0.4 is 5.46 Å². The molecule has 0 aliphatic rings. The van der Waals surface area contributed by atoms with Gasteiger partial charge in [-0.15, -0.1) is 0 Å². The van der Waals surface area contributed by atoms with Gasteiger partial charge in [0.15, 0.2) is 0 Å². The van der Waals surface area contributed by atoms with Gasteiger partial charge in [-0.3, -0.25) is 0 Å². The van der Waals surface area contributed by atoms with Gasteiger partial charge in [0.2, 0.25) is 0 Å². The van der Waals surface area contributed by atoms with Crippen molar-refractivity contribution < 1.29 is 14.3 Å². The van der Waals surface area contributed by atoms with Gasteiger partial charge < -0.3 is 10.0 Å². The highest BCUT2D eigenvalue weighted by atomic mass is 19.1. The molecule has 0 saturated carbocycles. The van der Waals surface area contributed by atoms with Crippen molar-refractivity contribution in [3.8, 4) is 6.07 Å². The van der Waals surface area contributed by atoms with Crippen LogP contribution >= 0.6 is 0 Å². The monoisotopic (exact) mass is 394 g/mol. The first kappa shape index (κ1) is 22.5. The smallest absolute Gasteiger partial charge is 0.407 e. The second-order valence-corrected chi connectivity index (χ2v) is 8.30. The van der Waals surface area contributed by atoms with Crippen LogP contribution in [0.15, 0.2) is 48.5 Å². The van der Waals surface area contributed by atoms with E-state index >= 15 is 0 Å². The Morgan fingerprint density at radius 3 is 2.24 bits per heavy atom. The minimum absolute atomic E-state index is 0.0442. The molecule has 0 saturated heterocycles. The summed E-state index contributed by atoms with van der Waals surface area (Å²) in [7, 11) is 1.99. The highest BCUT2D eigenvalue weighted by Gasteiger charge is 2.27. The molecule has 0 unspecified atom stereocenters. The van der Waals surface area contributed by atoms with Crippen molar-refractivity contribution in [3.05, 3.63) is 65.5 Å². The number of nitriles is 1. The summed E-state index contributed by atoms with van der Waals surface area (Å²) in [6, 6.07) is 16.1. The number of carboxylic acid groups (broad SMARTS) is 1. The van der Waals surface area contributed by atoms with Crippen LogP contribution in [0.2, 0.25) is 0 Å². The lowest BCUT2D eigenvalue weighted by atomic mass is 9.79. The third kappa shape index (κ3) is 6.35. The molecule has 4 nitrogen and oxygen atoms in total. The zero-order chi connectivity index (χ0) is 21.6. The highest BCUT2D eigenvalue weighted by Crippen LogP contribution is 2.34. The van der Waals surface area contributed by atoms with Gasteiger partial charge in [-0.2, -0.15) is 5.26 Å². The Balaban J connectivity index is 2.21. The molecule has 2 atom stereocenters. The van der Waals surface area contributed by atoms with Gasteiger partial charge in [0.25, 0.3) is 0 Å². The van der Waals surface area contributed by atoms with Crippen LogP contribution in [-0.4, -0.2) is 30.5 Å². The second-order valence-electron chi connectivity index (χ2n) is 8.30. The first-order chi connectivity index (χ1) is 13.6. The van der Waals surface area contributed by atoms with E-state index in [1.54, 1.807) is 12.1 Å². The molecule has 0 heterocycles. The summed E-state index contributed by atoms with van der Waals surface area (Å²) < 4.78 is 13.4. The normalized spacial score (nSPS) is 13.3. The molecule has 0 aliphatic heterocycles. The SMILES string of the molecule is Bc1ccc([C@H](C)N(CC[C@H](CC(C)(C)C#N)c2ccc(F)cc2)C(=O)O)cc1. The van der Waals surface area contributed by atoms with Crippen LogP contribution in [0.3, 0.4) is 0 Å². The Morgan fingerprint density at radius 2 is 1.72 bits per heavy atom. The molecule has 2 aromatic carbocycles. The van der Waals surface area contributed by atoms with Crippen molar-refractivity contribution in [2.75, 3.05) is 6.54 Å². The van der Waals surface area contributed by atoms with Crippen LogP contribution in [0.25, 0.3) is 0 Å². The van der Waals surface area contributed by atoms with E-state index in [-0.39, 0.29) is 17.8 Å². The number of rotatable bonds is 8. The molecule has 0 aliphatic carbocycles. The van der Waals surface area contributed by atoms with Gasteiger partial charge in [-0.05, 0) is 62.8 Å². The average Bonchev–Trinajstić information content (AvgIpc) is 2.68. The van der Waals surface area contributed by atoms with Crippen molar-refractivity contribution in [2.24, 2.45) is 5.41 Å². The number of hydrogen-bond donors (Lipinski definition) is 1. The van der Waals surface area contributed by atoms with Crippen LogP contribution in [0.4, 0.5) is 9.18 Å². The second kappa shape index (κ2) is 9.60. The number of carbonyl (C=O) groups is 1. The summed E-state index contributed by atoms with van der Waals surface area (Å²) in [4.78, 5) is 13.4. The summed E-state index contributed by atoms with van der Waals surface area (Å²) in [5, 5.41) is 19.2. The molecule has 0 aromatic heterocycles. The minimum Gasteiger partial charge on any atom is -0.465 e. The van der Waals surface area contributed by atoms with Crippen molar-refractivity contribution in [1.29, 1.82) is 5.26 Å². The molecular formula is C23H28BFN2O2. The van der Waals surface area contributed by atoms with Gasteiger partial charge in [0, 0.05) is 6.54 Å². The first-order valence-electron chi connectivity index (χ1n) is 9.86. The fourth-order valence-corrected chi connectivity index (χ4v) is 3.56. The van der Waals surface area contributed by atoms with Gasteiger partial charge in [-0.1, -0.05) is 41.9 Å². The summed E-state index contributed by atoms with van der Waals surface area (Å²) in [6.07, 6.45) is 0.149. The van der Waals surface area contributed by atoms with E-state index in [1.165, 1.54) is 17.0 Å². The summed E-state index contributed by atoms with van der Waals surface area (Å²) >= 11 is 0. The van der Waals surface area contributed by atoms with Gasteiger partial charge >= 0.3 is 6.09 Å². The molecule has 2 aromatic rings. The maximum atomic E-state index is 13.4. The maximum Gasteiger partial charge on any atom is 0.407 e. The fraction of sp³-hybridized carbons (Fsp3) is 0.391. The molecule has 6 heteroatoms. The number of halogens is 1. The predicted octanol–water partition coefficient (Wildman–Crippen LogP) is 4.24. The standard InChI is InChI=1S/C23H28BFN2O2/c1-16(17-4-8-20(24)9-5-17)27(22(28)29)13-12-19(14-23(2,3)15-26)18-6-10-21(25)11-7-18/h4-11,16,19H,12-14,24H2,1-3H3,(H,28,29)/t16-,19+/m0/s1. The van der Waals surface area contributed by atoms with Crippen LogP contribution in [0, 0.1) is 22.6 Å². The molecule has 0 radical (unpaired) electrons. The molecule has 0 fully saturated rings. The third-order valence-electron chi connectivity index (χ3n) is 5.39. The lowest BCUT2D eigenvalue weighted by Gasteiger charge is -2.30. The lowest BCUT2D eigenvalue weighted by molar-refractivity contribution is 0.125. The Hall–Kier alpha value is -2.81. The number of benzene rings is 2. The number of amides is 1. The largest absolute Gasteiger partial charge is 0.465 e. The van der Waals surface area contributed by atoms with Crippen molar-refractivity contribution in [2.45, 2.75) is 45.6 Å². The first-order valence-corrected chi connectivity index (χ1v) is 9.86. The molecule has 0 spiro atoms. The lowest BCUT2D eigenvalue weighted by Crippen LogP contribution is -2.34. The predicted molar refractivity (Wildman–Crippen MR) is 116 cm³/mol. The zero-order valence-electron chi connectivity index (χ0n) is 17.5. The third-order valence-corrected chi connectivity index (χ3v) is 5.39. The average molecular weight is 394 g/mol. The van der Waals surface area contributed by atoms with E-state index < -0.39 is 11.5 Å². The summed E-state index contributed by atoms with van der Waals surface area (Å²) in [5.74, 6) is -0.357. The van der Waals surface area contributed by atoms with Crippen LogP contribution in [0.5, 0.6) is 0 Å².